The van der Waals surface area contributed by atoms with Crippen LogP contribution in [0, 0.1) is 0 Å². The number of carbonyl (C=O) groups excluding carboxylic acids is 1. The molecule has 3 aromatic carbocycles. The molecule has 5 aromatic rings. The van der Waals surface area contributed by atoms with E-state index in [-0.39, 0.29) is 12.2 Å². The van der Waals surface area contributed by atoms with Crippen LogP contribution in [0.4, 0.5) is 0 Å². The largest absolute Gasteiger partial charge is 0.485 e. The number of rotatable bonds is 5. The quantitative estimate of drug-likeness (QED) is 0.423. The zero-order valence-corrected chi connectivity index (χ0v) is 16.3. The molecule has 7 heteroatoms. The number of hydrogen-bond donors (Lipinski definition) is 0. The molecule has 2 heterocycles. The minimum absolute atomic E-state index is 0.0989. The van der Waals surface area contributed by atoms with Crippen LogP contribution < -0.4 is 10.3 Å². The molecular weight excluding hydrogens is 380 g/mol. The van der Waals surface area contributed by atoms with Crippen molar-refractivity contribution >= 4 is 33.7 Å². The summed E-state index contributed by atoms with van der Waals surface area (Å²) in [5.74, 6) is 1.50. The highest BCUT2D eigenvalue weighted by molar-refractivity contribution is 6.00. The van der Waals surface area contributed by atoms with E-state index in [9.17, 15) is 9.59 Å². The zero-order valence-electron chi connectivity index (χ0n) is 16.3. The zero-order chi connectivity index (χ0) is 20.7. The molecule has 0 N–H and O–H groups in total. The maximum absolute atomic E-state index is 12.8. The molecule has 0 amide bonds. The highest BCUT2D eigenvalue weighted by Gasteiger charge is 2.16. The van der Waals surface area contributed by atoms with E-state index in [4.69, 9.17) is 4.74 Å². The number of para-hydroxylation sites is 1. The van der Waals surface area contributed by atoms with Crippen LogP contribution in [0.15, 0.2) is 65.5 Å². The van der Waals surface area contributed by atoms with Gasteiger partial charge in [0.2, 0.25) is 5.78 Å². The van der Waals surface area contributed by atoms with Crippen molar-refractivity contribution in [1.82, 2.24) is 19.2 Å². The highest BCUT2D eigenvalue weighted by atomic mass is 16.5. The summed E-state index contributed by atoms with van der Waals surface area (Å²) < 4.78 is 9.42. The Morgan fingerprint density at radius 3 is 2.53 bits per heavy atom. The lowest BCUT2D eigenvalue weighted by atomic mass is 10.0. The van der Waals surface area contributed by atoms with E-state index < -0.39 is 0 Å². The minimum Gasteiger partial charge on any atom is -0.485 e. The number of ether oxygens (including phenoxy) is 1. The Bertz CT molecular complexity index is 1480. The first-order chi connectivity index (χ1) is 14.7. The van der Waals surface area contributed by atoms with Crippen LogP contribution in [-0.2, 0) is 13.2 Å². The Morgan fingerprint density at radius 1 is 0.967 bits per heavy atom. The molecule has 0 atom stereocenters. The van der Waals surface area contributed by atoms with Gasteiger partial charge in [-0.3, -0.25) is 18.6 Å². The fraction of sp³-hybridized carbons (Fsp3) is 0.130. The SMILES string of the molecule is CCn1c(=O)c2ccccc2n2c(COc3ccc4ccccc4c3C=O)nnc12. The fourth-order valence-electron chi connectivity index (χ4n) is 3.86. The molecule has 0 fully saturated rings. The first kappa shape index (κ1) is 18.1. The molecule has 0 aliphatic carbocycles. The lowest BCUT2D eigenvalue weighted by molar-refractivity contribution is 0.112. The van der Waals surface area contributed by atoms with Crippen molar-refractivity contribution in [3.8, 4) is 5.75 Å². The molecule has 0 unspecified atom stereocenters. The van der Waals surface area contributed by atoms with Crippen LogP contribution in [0.1, 0.15) is 23.1 Å². The summed E-state index contributed by atoms with van der Waals surface area (Å²) in [6.07, 6.45) is 0.809. The predicted molar refractivity (Wildman–Crippen MR) is 114 cm³/mol. The number of benzene rings is 3. The van der Waals surface area contributed by atoms with Gasteiger partial charge >= 0.3 is 0 Å². The van der Waals surface area contributed by atoms with E-state index in [0.29, 0.717) is 34.8 Å². The number of aromatic nitrogens is 4. The van der Waals surface area contributed by atoms with Crippen LogP contribution in [-0.4, -0.2) is 25.5 Å². The van der Waals surface area contributed by atoms with Crippen molar-refractivity contribution < 1.29 is 9.53 Å². The summed E-state index contributed by atoms with van der Waals surface area (Å²) in [4.78, 5) is 24.5. The monoisotopic (exact) mass is 398 g/mol. The third-order valence-corrected chi connectivity index (χ3v) is 5.30. The van der Waals surface area contributed by atoms with Crippen molar-refractivity contribution in [2.24, 2.45) is 0 Å². The molecule has 0 spiro atoms. The molecule has 0 saturated heterocycles. The van der Waals surface area contributed by atoms with Gasteiger partial charge in [-0.2, -0.15) is 0 Å². The van der Waals surface area contributed by atoms with Gasteiger partial charge in [0.15, 0.2) is 12.1 Å². The molecule has 0 aliphatic heterocycles. The summed E-state index contributed by atoms with van der Waals surface area (Å²) in [5.41, 5.74) is 1.12. The number of aldehydes is 1. The van der Waals surface area contributed by atoms with Gasteiger partial charge in [-0.15, -0.1) is 10.2 Å². The molecule has 0 bridgehead atoms. The Kier molecular flexibility index (Phi) is 4.28. The molecular formula is C23H18N4O3. The summed E-state index contributed by atoms with van der Waals surface area (Å²) >= 11 is 0. The van der Waals surface area contributed by atoms with E-state index in [1.54, 1.807) is 16.7 Å². The van der Waals surface area contributed by atoms with Crippen LogP contribution >= 0.6 is 0 Å². The second kappa shape index (κ2) is 7.11. The van der Waals surface area contributed by atoms with Crippen LogP contribution in [0.2, 0.25) is 0 Å². The second-order valence-corrected chi connectivity index (χ2v) is 6.92. The van der Waals surface area contributed by atoms with Gasteiger partial charge in [0.05, 0.1) is 16.5 Å². The van der Waals surface area contributed by atoms with Crippen molar-refractivity contribution in [3.05, 3.63) is 82.4 Å². The van der Waals surface area contributed by atoms with E-state index in [1.807, 2.05) is 59.9 Å². The molecule has 0 radical (unpaired) electrons. The van der Waals surface area contributed by atoms with E-state index >= 15 is 0 Å². The molecule has 2 aromatic heterocycles. The topological polar surface area (TPSA) is 78.5 Å². The summed E-state index contributed by atoms with van der Waals surface area (Å²) in [6.45, 7) is 2.48. The van der Waals surface area contributed by atoms with Gasteiger partial charge < -0.3 is 4.74 Å². The maximum atomic E-state index is 12.8. The lowest BCUT2D eigenvalue weighted by Crippen LogP contribution is -2.22. The van der Waals surface area contributed by atoms with Crippen LogP contribution in [0.25, 0.3) is 27.5 Å². The summed E-state index contributed by atoms with van der Waals surface area (Å²) in [6, 6.07) is 18.7. The first-order valence-corrected chi connectivity index (χ1v) is 9.68. The number of hydrogen-bond acceptors (Lipinski definition) is 5. The molecule has 5 rings (SSSR count). The van der Waals surface area contributed by atoms with Gasteiger partial charge in [0.25, 0.3) is 5.56 Å². The molecule has 30 heavy (non-hydrogen) atoms. The van der Waals surface area contributed by atoms with Gasteiger partial charge in [-0.1, -0.05) is 42.5 Å². The van der Waals surface area contributed by atoms with Crippen LogP contribution in [0.5, 0.6) is 5.75 Å². The van der Waals surface area contributed by atoms with E-state index in [0.717, 1.165) is 22.6 Å². The Balaban J connectivity index is 1.62. The Labute approximate surface area is 171 Å². The van der Waals surface area contributed by atoms with Gasteiger partial charge in [-0.05, 0) is 35.9 Å². The summed E-state index contributed by atoms with van der Waals surface area (Å²) in [5, 5.41) is 10.9. The molecule has 7 nitrogen and oxygen atoms in total. The van der Waals surface area contributed by atoms with E-state index in [1.165, 1.54) is 0 Å². The third-order valence-electron chi connectivity index (χ3n) is 5.30. The third kappa shape index (κ3) is 2.67. The normalized spacial score (nSPS) is 11.4. The first-order valence-electron chi connectivity index (χ1n) is 9.68. The van der Waals surface area contributed by atoms with Crippen molar-refractivity contribution in [3.63, 3.8) is 0 Å². The smallest absolute Gasteiger partial charge is 0.262 e. The van der Waals surface area contributed by atoms with Crippen LogP contribution in [0.3, 0.4) is 0 Å². The van der Waals surface area contributed by atoms with Gasteiger partial charge in [0, 0.05) is 6.54 Å². The number of aryl methyl sites for hydroxylation is 1. The predicted octanol–water partition coefficient (Wildman–Crippen LogP) is 3.61. The average Bonchev–Trinajstić information content (AvgIpc) is 3.21. The standard InChI is InChI=1S/C23H18N4O3/c1-2-26-22(29)17-9-5-6-10-19(17)27-21(24-25-23(26)27)14-30-20-12-11-15-7-3-4-8-16(15)18(20)13-28/h3-13H,2,14H2,1H3. The molecule has 0 saturated carbocycles. The highest BCUT2D eigenvalue weighted by Crippen LogP contribution is 2.27. The number of carbonyl (C=O) groups is 1. The van der Waals surface area contributed by atoms with Crippen molar-refractivity contribution in [2.45, 2.75) is 20.1 Å². The molecule has 0 aliphatic rings. The second-order valence-electron chi connectivity index (χ2n) is 6.92. The average molecular weight is 398 g/mol. The minimum atomic E-state index is -0.0989. The number of fused-ring (bicyclic) bond motifs is 4. The summed E-state index contributed by atoms with van der Waals surface area (Å²) in [7, 11) is 0. The lowest BCUT2D eigenvalue weighted by Gasteiger charge is -2.12. The maximum Gasteiger partial charge on any atom is 0.262 e. The fourth-order valence-corrected chi connectivity index (χ4v) is 3.86. The van der Waals surface area contributed by atoms with Gasteiger partial charge in [-0.25, -0.2) is 0 Å². The molecule has 148 valence electrons. The van der Waals surface area contributed by atoms with Gasteiger partial charge in [0.1, 0.15) is 12.4 Å². The number of nitrogens with zero attached hydrogens (tertiary/aromatic N) is 4. The van der Waals surface area contributed by atoms with E-state index in [2.05, 4.69) is 10.2 Å². The Morgan fingerprint density at radius 2 is 1.73 bits per heavy atom. The van der Waals surface area contributed by atoms with Crippen molar-refractivity contribution in [2.75, 3.05) is 0 Å². The van der Waals surface area contributed by atoms with Crippen molar-refractivity contribution in [1.29, 1.82) is 0 Å². The Hall–Kier alpha value is -4.00.